The van der Waals surface area contributed by atoms with E-state index in [1.807, 2.05) is 11.0 Å². The number of imidazole rings is 1. The van der Waals surface area contributed by atoms with Crippen molar-refractivity contribution >= 4 is 5.91 Å². The first kappa shape index (κ1) is 21.6. The van der Waals surface area contributed by atoms with Gasteiger partial charge < -0.3 is 15.2 Å². The molecule has 0 spiro atoms. The van der Waals surface area contributed by atoms with Crippen molar-refractivity contribution in [1.82, 2.24) is 19.4 Å². The first-order valence-corrected chi connectivity index (χ1v) is 12.0. The van der Waals surface area contributed by atoms with Gasteiger partial charge in [-0.05, 0) is 56.7 Å². The smallest absolute Gasteiger partial charge is 0.219 e. The molecule has 3 aliphatic heterocycles. The number of benzene rings is 1. The Kier molecular flexibility index (Phi) is 5.80. The van der Waals surface area contributed by atoms with Crippen LogP contribution in [0.2, 0.25) is 0 Å². The average Bonchev–Trinajstić information content (AvgIpc) is 3.22. The predicted molar refractivity (Wildman–Crippen MR) is 121 cm³/mol. The summed E-state index contributed by atoms with van der Waals surface area (Å²) >= 11 is 0. The van der Waals surface area contributed by atoms with Crippen LogP contribution in [0.15, 0.2) is 24.3 Å². The van der Waals surface area contributed by atoms with Gasteiger partial charge in [-0.15, -0.1) is 0 Å². The maximum Gasteiger partial charge on any atom is 0.219 e. The molecule has 2 bridgehead atoms. The van der Waals surface area contributed by atoms with Crippen LogP contribution in [0.3, 0.4) is 0 Å². The fourth-order valence-corrected chi connectivity index (χ4v) is 6.28. The summed E-state index contributed by atoms with van der Waals surface area (Å²) in [5, 5.41) is 0. The molecule has 1 amide bonds. The molecule has 4 heterocycles. The number of nitrogens with zero attached hydrogens (tertiary/aromatic N) is 4. The van der Waals surface area contributed by atoms with Gasteiger partial charge in [-0.2, -0.15) is 0 Å². The van der Waals surface area contributed by atoms with Crippen LogP contribution in [0.1, 0.15) is 73.9 Å². The van der Waals surface area contributed by atoms with Crippen LogP contribution in [0.5, 0.6) is 0 Å². The minimum atomic E-state index is -0.221. The third-order valence-electron chi connectivity index (χ3n) is 7.87. The van der Waals surface area contributed by atoms with Gasteiger partial charge in [0.15, 0.2) is 0 Å². The van der Waals surface area contributed by atoms with E-state index in [4.69, 9.17) is 10.7 Å². The number of amides is 1. The van der Waals surface area contributed by atoms with Gasteiger partial charge in [-0.25, -0.2) is 9.37 Å². The lowest BCUT2D eigenvalue weighted by molar-refractivity contribution is -0.129. The number of rotatable bonds is 5. The summed E-state index contributed by atoms with van der Waals surface area (Å²) in [7, 11) is 0. The van der Waals surface area contributed by atoms with Gasteiger partial charge in [0, 0.05) is 50.6 Å². The highest BCUT2D eigenvalue weighted by atomic mass is 19.1. The molecule has 3 aliphatic rings. The number of aromatic nitrogens is 2. The maximum atomic E-state index is 13.6. The Labute approximate surface area is 189 Å². The molecule has 3 atom stereocenters. The van der Waals surface area contributed by atoms with Gasteiger partial charge in [0.25, 0.3) is 0 Å². The van der Waals surface area contributed by atoms with Crippen molar-refractivity contribution in [3.05, 3.63) is 52.9 Å². The van der Waals surface area contributed by atoms with Crippen molar-refractivity contribution in [2.45, 2.75) is 83.1 Å². The molecule has 32 heavy (non-hydrogen) atoms. The molecular formula is C25H34FN5O. The minimum absolute atomic E-state index is 0.136. The molecule has 6 nitrogen and oxygen atoms in total. The standard InChI is InChI=1S/C25H34FN5O/c1-16-28-24-9-10-29(17(2)32)15-25(24)31(16)22-13-20-6-7-21(14-22)30(20)11-8-23(27)18-4-3-5-19(26)12-18/h3-5,12,20-23H,6-11,13-15,27H2,1-2H3. The Hall–Kier alpha value is -2.25. The van der Waals surface area contributed by atoms with Gasteiger partial charge >= 0.3 is 0 Å². The molecular weight excluding hydrogens is 405 g/mol. The van der Waals surface area contributed by atoms with Crippen LogP contribution in [0.4, 0.5) is 4.39 Å². The average molecular weight is 440 g/mol. The van der Waals surface area contributed by atoms with Crippen molar-refractivity contribution < 1.29 is 9.18 Å². The Bertz CT molecular complexity index is 990. The number of fused-ring (bicyclic) bond motifs is 3. The molecule has 2 fully saturated rings. The predicted octanol–water partition coefficient (Wildman–Crippen LogP) is 3.49. The Morgan fingerprint density at radius 1 is 1.25 bits per heavy atom. The Morgan fingerprint density at radius 2 is 2.00 bits per heavy atom. The van der Waals surface area contributed by atoms with Crippen LogP contribution in [0, 0.1) is 12.7 Å². The van der Waals surface area contributed by atoms with Gasteiger partial charge in [0.2, 0.25) is 5.91 Å². The van der Waals surface area contributed by atoms with E-state index >= 15 is 0 Å². The van der Waals surface area contributed by atoms with E-state index in [2.05, 4.69) is 16.4 Å². The summed E-state index contributed by atoms with van der Waals surface area (Å²) in [6.07, 6.45) is 6.39. The molecule has 2 aromatic rings. The van der Waals surface area contributed by atoms with Crippen LogP contribution in [0.25, 0.3) is 0 Å². The summed E-state index contributed by atoms with van der Waals surface area (Å²) < 4.78 is 16.0. The lowest BCUT2D eigenvalue weighted by Crippen LogP contribution is -2.45. The summed E-state index contributed by atoms with van der Waals surface area (Å²) in [5.74, 6) is 1.01. The monoisotopic (exact) mass is 439 g/mol. The van der Waals surface area contributed by atoms with Gasteiger partial charge in [0.05, 0.1) is 17.9 Å². The number of piperidine rings is 1. The highest BCUT2D eigenvalue weighted by Gasteiger charge is 2.42. The first-order chi connectivity index (χ1) is 15.4. The van der Waals surface area contributed by atoms with Crippen molar-refractivity contribution in [3.8, 4) is 0 Å². The van der Waals surface area contributed by atoms with Crippen LogP contribution in [-0.2, 0) is 17.8 Å². The Morgan fingerprint density at radius 3 is 2.69 bits per heavy atom. The molecule has 172 valence electrons. The summed E-state index contributed by atoms with van der Waals surface area (Å²) in [6, 6.07) is 8.11. The molecule has 2 N–H and O–H groups in total. The van der Waals surface area contributed by atoms with Crippen molar-refractivity contribution in [2.24, 2.45) is 5.73 Å². The topological polar surface area (TPSA) is 67.4 Å². The van der Waals surface area contributed by atoms with E-state index in [0.717, 1.165) is 50.2 Å². The number of hydrogen-bond acceptors (Lipinski definition) is 4. The lowest BCUT2D eigenvalue weighted by Gasteiger charge is -2.41. The molecule has 7 heteroatoms. The van der Waals surface area contributed by atoms with E-state index in [1.165, 1.54) is 30.3 Å². The zero-order chi connectivity index (χ0) is 22.4. The van der Waals surface area contributed by atoms with E-state index in [-0.39, 0.29) is 17.8 Å². The van der Waals surface area contributed by atoms with E-state index in [0.29, 0.717) is 24.7 Å². The highest BCUT2D eigenvalue weighted by Crippen LogP contribution is 2.42. The fraction of sp³-hybridized carbons (Fsp3) is 0.600. The maximum absolute atomic E-state index is 13.6. The lowest BCUT2D eigenvalue weighted by atomic mass is 9.95. The van der Waals surface area contributed by atoms with Gasteiger partial charge in [-0.3, -0.25) is 9.69 Å². The van der Waals surface area contributed by atoms with Crippen molar-refractivity contribution in [3.63, 3.8) is 0 Å². The SMILES string of the molecule is CC(=O)N1CCc2nc(C)n(C3CC4CCC(C3)N4CCC(N)c3cccc(F)c3)c2C1. The summed E-state index contributed by atoms with van der Waals surface area (Å²) in [4.78, 5) is 21.4. The van der Waals surface area contributed by atoms with Gasteiger partial charge in [-0.1, -0.05) is 12.1 Å². The Balaban J connectivity index is 1.27. The molecule has 0 aliphatic carbocycles. The molecule has 1 aromatic carbocycles. The minimum Gasteiger partial charge on any atom is -0.337 e. The normalized spacial score (nSPS) is 26.2. The van der Waals surface area contributed by atoms with Crippen LogP contribution >= 0.6 is 0 Å². The first-order valence-electron chi connectivity index (χ1n) is 12.0. The largest absolute Gasteiger partial charge is 0.337 e. The molecule has 3 unspecified atom stereocenters. The molecule has 1 aromatic heterocycles. The van der Waals surface area contributed by atoms with E-state index < -0.39 is 0 Å². The van der Waals surface area contributed by atoms with Gasteiger partial charge in [0.1, 0.15) is 11.6 Å². The molecule has 5 rings (SSSR count). The summed E-state index contributed by atoms with van der Waals surface area (Å²) in [5.41, 5.74) is 9.69. The second kappa shape index (κ2) is 8.60. The number of halogens is 1. The zero-order valence-electron chi connectivity index (χ0n) is 19.1. The molecule has 2 saturated heterocycles. The van der Waals surface area contributed by atoms with E-state index in [9.17, 15) is 9.18 Å². The second-order valence-electron chi connectivity index (χ2n) is 9.81. The van der Waals surface area contributed by atoms with Crippen LogP contribution < -0.4 is 5.73 Å². The number of nitrogens with two attached hydrogens (primary N) is 1. The highest BCUT2D eigenvalue weighted by molar-refractivity contribution is 5.73. The van der Waals surface area contributed by atoms with Crippen molar-refractivity contribution in [2.75, 3.05) is 13.1 Å². The number of hydrogen-bond donors (Lipinski definition) is 1. The number of carbonyl (C=O) groups excluding carboxylic acids is 1. The second-order valence-corrected chi connectivity index (χ2v) is 9.81. The molecule has 0 saturated carbocycles. The molecule has 0 radical (unpaired) electrons. The van der Waals surface area contributed by atoms with Crippen LogP contribution in [-0.4, -0.2) is 50.4 Å². The van der Waals surface area contributed by atoms with E-state index in [1.54, 1.807) is 19.1 Å². The quantitative estimate of drug-likeness (QED) is 0.774. The third kappa shape index (κ3) is 3.97. The zero-order valence-corrected chi connectivity index (χ0v) is 19.1. The number of aryl methyl sites for hydroxylation is 1. The third-order valence-corrected chi connectivity index (χ3v) is 7.87. The summed E-state index contributed by atoms with van der Waals surface area (Å²) in [6.45, 7) is 6.19. The fourth-order valence-electron chi connectivity index (χ4n) is 6.28. The van der Waals surface area contributed by atoms with Crippen molar-refractivity contribution in [1.29, 1.82) is 0 Å². The number of carbonyl (C=O) groups is 1.